The molecule has 1 aliphatic rings. The van der Waals surface area contributed by atoms with Gasteiger partial charge in [0.25, 0.3) is 0 Å². The van der Waals surface area contributed by atoms with Gasteiger partial charge < -0.3 is 5.32 Å². The van der Waals surface area contributed by atoms with E-state index in [1.807, 2.05) is 32.9 Å². The van der Waals surface area contributed by atoms with Crippen LogP contribution in [0, 0.1) is 25.6 Å². The lowest BCUT2D eigenvalue weighted by atomic mass is 9.96. The van der Waals surface area contributed by atoms with Crippen molar-refractivity contribution in [3.05, 3.63) is 46.3 Å². The van der Waals surface area contributed by atoms with Crippen molar-refractivity contribution in [2.75, 3.05) is 19.6 Å². The topological polar surface area (TPSA) is 32.3 Å². The van der Waals surface area contributed by atoms with E-state index < -0.39 is 0 Å². The molecule has 1 aliphatic heterocycles. The fourth-order valence-electron chi connectivity index (χ4n) is 3.29. The molecule has 1 saturated heterocycles. The van der Waals surface area contributed by atoms with E-state index in [0.717, 1.165) is 49.2 Å². The van der Waals surface area contributed by atoms with Crippen LogP contribution in [0.4, 0.5) is 4.39 Å². The predicted molar refractivity (Wildman–Crippen MR) is 96.3 cm³/mol. The summed E-state index contributed by atoms with van der Waals surface area (Å²) in [6.45, 7) is 11.0. The molecule has 1 aromatic carbocycles. The van der Waals surface area contributed by atoms with Gasteiger partial charge in [-0.1, -0.05) is 17.7 Å². The third kappa shape index (κ3) is 5.17. The Balaban J connectivity index is 1.90. The molecule has 1 fully saturated rings. The molecule has 1 atom stereocenters. The summed E-state index contributed by atoms with van der Waals surface area (Å²) in [7, 11) is 0. The predicted octanol–water partition coefficient (Wildman–Crippen LogP) is 3.74. The maximum Gasteiger partial charge on any atom is 0.243 e. The van der Waals surface area contributed by atoms with Crippen LogP contribution >= 0.6 is 0 Å². The molecular formula is C20H29FN2O. The number of amides is 1. The summed E-state index contributed by atoms with van der Waals surface area (Å²) in [5.41, 5.74) is 3.53. The van der Waals surface area contributed by atoms with E-state index in [4.69, 9.17) is 0 Å². The van der Waals surface area contributed by atoms with E-state index in [2.05, 4.69) is 10.2 Å². The molecule has 0 unspecified atom stereocenters. The Kier molecular flexibility index (Phi) is 6.55. The van der Waals surface area contributed by atoms with E-state index in [-0.39, 0.29) is 11.7 Å². The molecule has 0 radical (unpaired) electrons. The highest BCUT2D eigenvalue weighted by Gasteiger charge is 2.21. The molecule has 24 heavy (non-hydrogen) atoms. The van der Waals surface area contributed by atoms with Gasteiger partial charge in [0.05, 0.1) is 0 Å². The van der Waals surface area contributed by atoms with Crippen LogP contribution < -0.4 is 5.32 Å². The lowest BCUT2D eigenvalue weighted by Crippen LogP contribution is -2.40. The second kappa shape index (κ2) is 8.43. The quantitative estimate of drug-likeness (QED) is 0.833. The highest BCUT2D eigenvalue weighted by atomic mass is 19.1. The third-order valence-electron chi connectivity index (χ3n) is 4.67. The van der Waals surface area contributed by atoms with E-state index >= 15 is 0 Å². The summed E-state index contributed by atoms with van der Waals surface area (Å²) in [6, 6.07) is 3.90. The normalized spacial score (nSPS) is 18.3. The van der Waals surface area contributed by atoms with Crippen LogP contribution in [0.3, 0.4) is 0 Å². The van der Waals surface area contributed by atoms with Crippen LogP contribution in [0.2, 0.25) is 0 Å². The van der Waals surface area contributed by atoms with Crippen LogP contribution in [-0.4, -0.2) is 30.4 Å². The zero-order valence-electron chi connectivity index (χ0n) is 15.3. The van der Waals surface area contributed by atoms with Gasteiger partial charge >= 0.3 is 0 Å². The minimum atomic E-state index is -0.0879. The highest BCUT2D eigenvalue weighted by molar-refractivity contribution is 5.87. The summed E-state index contributed by atoms with van der Waals surface area (Å²) in [5, 5.41) is 2.99. The molecule has 0 bridgehead atoms. The minimum Gasteiger partial charge on any atom is -0.352 e. The Morgan fingerprint density at radius 3 is 2.83 bits per heavy atom. The summed E-state index contributed by atoms with van der Waals surface area (Å²) in [6.07, 6.45) is 3.89. The molecular weight excluding hydrogens is 303 g/mol. The number of piperidine rings is 1. The summed E-state index contributed by atoms with van der Waals surface area (Å²) in [5.74, 6) is 0.363. The molecule has 0 aromatic heterocycles. The highest BCUT2D eigenvalue weighted by Crippen LogP contribution is 2.22. The Morgan fingerprint density at radius 1 is 1.38 bits per heavy atom. The zero-order chi connectivity index (χ0) is 17.7. The zero-order valence-corrected chi connectivity index (χ0v) is 15.3. The first kappa shape index (κ1) is 18.7. The first-order chi connectivity index (χ1) is 11.4. The summed E-state index contributed by atoms with van der Waals surface area (Å²) in [4.78, 5) is 14.1. The molecule has 3 nitrogen and oxygen atoms in total. The Labute approximate surface area is 144 Å². The standard InChI is InChI=1S/C20H29FN2O/c1-14(2)10-19(24)22-11-17-6-5-9-23(12-17)13-18-8-7-15(3)20(21)16(18)4/h7-8,10,17H,5-6,9,11-13H2,1-4H3,(H,22,24)/t17-/m1/s1. The smallest absolute Gasteiger partial charge is 0.243 e. The van der Waals surface area contributed by atoms with Crippen molar-refractivity contribution in [3.63, 3.8) is 0 Å². The molecule has 0 saturated carbocycles. The van der Waals surface area contributed by atoms with E-state index in [9.17, 15) is 9.18 Å². The number of rotatable bonds is 5. The fraction of sp³-hybridized carbons (Fsp3) is 0.550. The molecule has 1 aromatic rings. The lowest BCUT2D eigenvalue weighted by Gasteiger charge is -2.33. The van der Waals surface area contributed by atoms with Crippen LogP contribution in [0.25, 0.3) is 0 Å². The van der Waals surface area contributed by atoms with Gasteiger partial charge in [0.2, 0.25) is 5.91 Å². The summed E-state index contributed by atoms with van der Waals surface area (Å²) >= 11 is 0. The Bertz CT molecular complexity index is 620. The molecule has 2 rings (SSSR count). The Hall–Kier alpha value is -1.68. The largest absolute Gasteiger partial charge is 0.352 e. The number of likely N-dealkylation sites (tertiary alicyclic amines) is 1. The number of nitrogens with one attached hydrogen (secondary N) is 1. The first-order valence-corrected chi connectivity index (χ1v) is 8.76. The monoisotopic (exact) mass is 332 g/mol. The van der Waals surface area contributed by atoms with Gasteiger partial charge in [0.15, 0.2) is 0 Å². The van der Waals surface area contributed by atoms with Crippen LogP contribution in [-0.2, 0) is 11.3 Å². The van der Waals surface area contributed by atoms with E-state index in [1.165, 1.54) is 0 Å². The van der Waals surface area contributed by atoms with Gasteiger partial charge in [0.1, 0.15) is 5.82 Å². The van der Waals surface area contributed by atoms with Gasteiger partial charge in [-0.15, -0.1) is 0 Å². The van der Waals surface area contributed by atoms with Crippen molar-refractivity contribution in [3.8, 4) is 0 Å². The van der Waals surface area contributed by atoms with Crippen LogP contribution in [0.15, 0.2) is 23.8 Å². The van der Waals surface area contributed by atoms with Crippen molar-refractivity contribution in [1.29, 1.82) is 0 Å². The fourth-order valence-corrected chi connectivity index (χ4v) is 3.29. The number of hydrogen-bond donors (Lipinski definition) is 1. The average Bonchev–Trinajstić information content (AvgIpc) is 2.53. The maximum absolute atomic E-state index is 14.1. The van der Waals surface area contributed by atoms with Crippen LogP contribution in [0.1, 0.15) is 43.4 Å². The van der Waals surface area contributed by atoms with Crippen molar-refractivity contribution in [2.24, 2.45) is 5.92 Å². The molecule has 1 N–H and O–H groups in total. The van der Waals surface area contributed by atoms with Crippen molar-refractivity contribution < 1.29 is 9.18 Å². The van der Waals surface area contributed by atoms with Crippen molar-refractivity contribution in [2.45, 2.75) is 47.1 Å². The van der Waals surface area contributed by atoms with E-state index in [1.54, 1.807) is 13.0 Å². The average molecular weight is 332 g/mol. The molecule has 1 amide bonds. The number of aryl methyl sites for hydroxylation is 1. The molecule has 4 heteroatoms. The molecule has 1 heterocycles. The number of halogens is 1. The SMILES string of the molecule is CC(C)=CC(=O)NC[C@H]1CCCN(Cc2ccc(C)c(F)c2C)C1. The number of carbonyl (C=O) groups excluding carboxylic acids is 1. The van der Waals surface area contributed by atoms with Gasteiger partial charge in [-0.3, -0.25) is 9.69 Å². The van der Waals surface area contributed by atoms with Crippen molar-refractivity contribution in [1.82, 2.24) is 10.2 Å². The van der Waals surface area contributed by atoms with Gasteiger partial charge in [-0.05, 0) is 69.7 Å². The number of nitrogens with zero attached hydrogens (tertiary/aromatic N) is 1. The van der Waals surface area contributed by atoms with Gasteiger partial charge in [-0.25, -0.2) is 4.39 Å². The Morgan fingerprint density at radius 2 is 2.12 bits per heavy atom. The number of hydrogen-bond acceptors (Lipinski definition) is 2. The number of allylic oxidation sites excluding steroid dienone is 1. The van der Waals surface area contributed by atoms with Gasteiger partial charge in [0, 0.05) is 25.7 Å². The van der Waals surface area contributed by atoms with Crippen molar-refractivity contribution >= 4 is 5.91 Å². The minimum absolute atomic E-state index is 0.0106. The summed E-state index contributed by atoms with van der Waals surface area (Å²) < 4.78 is 14.1. The molecule has 132 valence electrons. The first-order valence-electron chi connectivity index (χ1n) is 8.76. The van der Waals surface area contributed by atoms with Crippen LogP contribution in [0.5, 0.6) is 0 Å². The second-order valence-corrected chi connectivity index (χ2v) is 7.19. The number of carbonyl (C=O) groups is 1. The maximum atomic E-state index is 14.1. The molecule has 0 aliphatic carbocycles. The lowest BCUT2D eigenvalue weighted by molar-refractivity contribution is -0.116. The van der Waals surface area contributed by atoms with E-state index in [0.29, 0.717) is 18.0 Å². The third-order valence-corrected chi connectivity index (χ3v) is 4.67. The van der Waals surface area contributed by atoms with Gasteiger partial charge in [-0.2, -0.15) is 0 Å². The number of benzene rings is 1. The molecule has 0 spiro atoms. The second-order valence-electron chi connectivity index (χ2n) is 7.19.